The van der Waals surface area contributed by atoms with Gasteiger partial charge >= 0.3 is 0 Å². The Morgan fingerprint density at radius 3 is 2.10 bits per heavy atom. The molecular formula is C34H21N5. The number of rotatable bonds is 3. The van der Waals surface area contributed by atoms with E-state index in [0.29, 0.717) is 0 Å². The van der Waals surface area contributed by atoms with Crippen molar-refractivity contribution in [3.05, 3.63) is 128 Å². The van der Waals surface area contributed by atoms with Crippen molar-refractivity contribution in [3.63, 3.8) is 0 Å². The van der Waals surface area contributed by atoms with Crippen LogP contribution >= 0.6 is 0 Å². The van der Waals surface area contributed by atoms with Crippen LogP contribution in [-0.4, -0.2) is 24.3 Å². The average Bonchev–Trinajstić information content (AvgIpc) is 3.40. The maximum Gasteiger partial charge on any atom is 0.138 e. The first-order valence-electron chi connectivity index (χ1n) is 12.9. The van der Waals surface area contributed by atoms with E-state index < -0.39 is 0 Å². The third-order valence-corrected chi connectivity index (χ3v) is 7.28. The van der Waals surface area contributed by atoms with Gasteiger partial charge in [-0.1, -0.05) is 60.7 Å². The maximum atomic E-state index is 5.04. The summed E-state index contributed by atoms with van der Waals surface area (Å²) in [6.45, 7) is 0. The zero-order valence-corrected chi connectivity index (χ0v) is 20.9. The summed E-state index contributed by atoms with van der Waals surface area (Å²) in [6, 6.07) is 37.6. The molecule has 0 aliphatic rings. The minimum absolute atomic E-state index is 0.857. The molecular weight excluding hydrogens is 478 g/mol. The fourth-order valence-electron chi connectivity index (χ4n) is 5.39. The molecule has 5 nitrogen and oxygen atoms in total. The second kappa shape index (κ2) is 8.57. The van der Waals surface area contributed by atoms with Gasteiger partial charge in [-0.3, -0.25) is 14.4 Å². The van der Waals surface area contributed by atoms with E-state index in [1.165, 1.54) is 0 Å². The van der Waals surface area contributed by atoms with Gasteiger partial charge in [0, 0.05) is 40.5 Å². The van der Waals surface area contributed by atoms with Crippen LogP contribution in [0.5, 0.6) is 0 Å². The molecule has 0 saturated carbocycles. The van der Waals surface area contributed by atoms with Gasteiger partial charge in [-0.15, -0.1) is 0 Å². The van der Waals surface area contributed by atoms with Crippen LogP contribution in [0.2, 0.25) is 0 Å². The molecule has 0 atom stereocenters. The average molecular weight is 500 g/mol. The number of imidazole rings is 1. The fourth-order valence-corrected chi connectivity index (χ4v) is 5.39. The lowest BCUT2D eigenvalue weighted by atomic mass is 10.00. The molecule has 0 bridgehead atoms. The van der Waals surface area contributed by atoms with E-state index in [0.717, 1.165) is 72.1 Å². The van der Waals surface area contributed by atoms with E-state index >= 15 is 0 Å². The molecule has 0 spiro atoms. The monoisotopic (exact) mass is 499 g/mol. The summed E-state index contributed by atoms with van der Waals surface area (Å²) in [5, 5.41) is 4.50. The molecule has 0 aliphatic carbocycles. The highest BCUT2D eigenvalue weighted by Gasteiger charge is 2.17. The predicted molar refractivity (Wildman–Crippen MR) is 157 cm³/mol. The van der Waals surface area contributed by atoms with Gasteiger partial charge in [-0.25, -0.2) is 9.97 Å². The summed E-state index contributed by atoms with van der Waals surface area (Å²) >= 11 is 0. The summed E-state index contributed by atoms with van der Waals surface area (Å²) in [7, 11) is 0. The standard InChI is InChI=1S/C34H21N5/c1-3-17-35-29(7-1)33-34(39-19-4-2-8-30(39)38-33)27-14-12-24-20-26(13-11-25(24)21-27)28-16-15-23-10-9-22-6-5-18-36-31(22)32(23)37-28/h1-21H. The second-order valence-electron chi connectivity index (χ2n) is 9.64. The van der Waals surface area contributed by atoms with Crippen LogP contribution in [0.15, 0.2) is 128 Å². The van der Waals surface area contributed by atoms with Crippen LogP contribution in [0.3, 0.4) is 0 Å². The molecule has 8 aromatic rings. The van der Waals surface area contributed by atoms with Crippen molar-refractivity contribution in [1.29, 1.82) is 0 Å². The molecule has 0 N–H and O–H groups in total. The third-order valence-electron chi connectivity index (χ3n) is 7.28. The number of nitrogens with zero attached hydrogens (tertiary/aromatic N) is 5. The van der Waals surface area contributed by atoms with Gasteiger partial charge in [0.25, 0.3) is 0 Å². The Kier molecular flexibility index (Phi) is 4.76. The number of aromatic nitrogens is 5. The summed E-state index contributed by atoms with van der Waals surface area (Å²) in [6.07, 6.45) is 5.69. The lowest BCUT2D eigenvalue weighted by Gasteiger charge is -2.09. The van der Waals surface area contributed by atoms with Crippen molar-refractivity contribution in [1.82, 2.24) is 24.3 Å². The van der Waals surface area contributed by atoms with Crippen LogP contribution in [0, 0.1) is 0 Å². The van der Waals surface area contributed by atoms with Crippen molar-refractivity contribution >= 4 is 38.2 Å². The Hall–Kier alpha value is -5.42. The normalized spacial score (nSPS) is 11.6. The Bertz CT molecular complexity index is 2180. The number of pyridine rings is 4. The van der Waals surface area contributed by atoms with E-state index in [4.69, 9.17) is 9.97 Å². The van der Waals surface area contributed by atoms with E-state index in [2.05, 4.69) is 87.3 Å². The van der Waals surface area contributed by atoms with Gasteiger partial charge in [0.1, 0.15) is 11.3 Å². The number of benzene rings is 3. The Morgan fingerprint density at radius 1 is 0.487 bits per heavy atom. The smallest absolute Gasteiger partial charge is 0.138 e. The lowest BCUT2D eigenvalue weighted by molar-refractivity contribution is 1.19. The summed E-state index contributed by atoms with van der Waals surface area (Å²) in [5.41, 5.74) is 8.62. The van der Waals surface area contributed by atoms with Crippen molar-refractivity contribution in [2.24, 2.45) is 0 Å². The molecule has 0 saturated heterocycles. The topological polar surface area (TPSA) is 56.0 Å². The minimum Gasteiger partial charge on any atom is -0.299 e. The van der Waals surface area contributed by atoms with E-state index in [-0.39, 0.29) is 0 Å². The van der Waals surface area contributed by atoms with E-state index in [1.807, 2.05) is 54.9 Å². The molecule has 39 heavy (non-hydrogen) atoms. The fraction of sp³-hybridized carbons (Fsp3) is 0. The molecule has 5 heterocycles. The van der Waals surface area contributed by atoms with Crippen molar-refractivity contribution in [2.75, 3.05) is 0 Å². The summed E-state index contributed by atoms with van der Waals surface area (Å²) in [4.78, 5) is 19.2. The molecule has 0 amide bonds. The van der Waals surface area contributed by atoms with Crippen LogP contribution in [0.1, 0.15) is 0 Å². The van der Waals surface area contributed by atoms with Crippen LogP contribution < -0.4 is 0 Å². The molecule has 3 aromatic carbocycles. The van der Waals surface area contributed by atoms with Crippen molar-refractivity contribution in [3.8, 4) is 33.9 Å². The molecule has 182 valence electrons. The summed E-state index contributed by atoms with van der Waals surface area (Å²) in [5.74, 6) is 0. The highest BCUT2D eigenvalue weighted by atomic mass is 15.0. The van der Waals surface area contributed by atoms with Gasteiger partial charge < -0.3 is 0 Å². The first kappa shape index (κ1) is 21.6. The van der Waals surface area contributed by atoms with Gasteiger partial charge in [0.2, 0.25) is 0 Å². The quantitative estimate of drug-likeness (QED) is 0.231. The molecule has 0 fully saturated rings. The summed E-state index contributed by atoms with van der Waals surface area (Å²) < 4.78 is 2.14. The number of hydrogen-bond acceptors (Lipinski definition) is 4. The number of fused-ring (bicyclic) bond motifs is 5. The van der Waals surface area contributed by atoms with Gasteiger partial charge in [0.05, 0.1) is 28.1 Å². The van der Waals surface area contributed by atoms with Gasteiger partial charge in [-0.05, 0) is 59.3 Å². The molecule has 5 heteroatoms. The zero-order valence-electron chi connectivity index (χ0n) is 20.9. The SMILES string of the molecule is c1ccc(-c2nc3ccccn3c2-c2ccc3cc(-c4ccc5ccc6cccnc6c5n4)ccc3c2)nc1. The lowest BCUT2D eigenvalue weighted by Crippen LogP contribution is -1.91. The molecule has 0 aliphatic heterocycles. The maximum absolute atomic E-state index is 5.04. The van der Waals surface area contributed by atoms with Crippen molar-refractivity contribution in [2.45, 2.75) is 0 Å². The van der Waals surface area contributed by atoms with Crippen LogP contribution in [0.25, 0.3) is 72.1 Å². The molecule has 8 rings (SSSR count). The third kappa shape index (κ3) is 3.55. The molecule has 0 unspecified atom stereocenters. The van der Waals surface area contributed by atoms with E-state index in [1.54, 1.807) is 0 Å². The van der Waals surface area contributed by atoms with Gasteiger partial charge in [-0.2, -0.15) is 0 Å². The van der Waals surface area contributed by atoms with Crippen molar-refractivity contribution < 1.29 is 0 Å². The zero-order chi connectivity index (χ0) is 25.8. The molecule has 5 aromatic heterocycles. The highest BCUT2D eigenvalue weighted by Crippen LogP contribution is 2.34. The minimum atomic E-state index is 0.857. The van der Waals surface area contributed by atoms with E-state index in [9.17, 15) is 0 Å². The Balaban J connectivity index is 1.26. The molecule has 0 radical (unpaired) electrons. The first-order valence-corrected chi connectivity index (χ1v) is 12.9. The Morgan fingerprint density at radius 2 is 1.23 bits per heavy atom. The first-order chi connectivity index (χ1) is 19.3. The van der Waals surface area contributed by atoms with Crippen LogP contribution in [-0.2, 0) is 0 Å². The second-order valence-corrected chi connectivity index (χ2v) is 9.64. The van der Waals surface area contributed by atoms with Gasteiger partial charge in [0.15, 0.2) is 0 Å². The Labute approximate surface area is 224 Å². The highest BCUT2D eigenvalue weighted by molar-refractivity contribution is 6.03. The largest absolute Gasteiger partial charge is 0.299 e. The van der Waals surface area contributed by atoms with Crippen LogP contribution in [0.4, 0.5) is 0 Å². The predicted octanol–water partition coefficient (Wildman–Crippen LogP) is 7.98. The number of hydrogen-bond donors (Lipinski definition) is 0.